The molecule has 0 radical (unpaired) electrons. The maximum absolute atomic E-state index is 12.4. The summed E-state index contributed by atoms with van der Waals surface area (Å²) >= 11 is 0. The van der Waals surface area contributed by atoms with E-state index in [0.29, 0.717) is 6.42 Å². The number of aldehydes is 1. The summed E-state index contributed by atoms with van der Waals surface area (Å²) in [5, 5.41) is 0. The smallest absolute Gasteiger partial charge is 0.143 e. The van der Waals surface area contributed by atoms with Crippen molar-refractivity contribution < 1.29 is 9.59 Å². The van der Waals surface area contributed by atoms with Crippen LogP contribution in [-0.4, -0.2) is 12.1 Å². The summed E-state index contributed by atoms with van der Waals surface area (Å²) < 4.78 is 0. The van der Waals surface area contributed by atoms with Gasteiger partial charge in [-0.05, 0) is 51.4 Å². The van der Waals surface area contributed by atoms with Crippen LogP contribution in [0.25, 0.3) is 0 Å². The number of hydrogen-bond donors (Lipinski definition) is 0. The molecule has 0 fully saturated rings. The van der Waals surface area contributed by atoms with Crippen LogP contribution in [0.4, 0.5) is 0 Å². The van der Waals surface area contributed by atoms with Crippen LogP contribution in [0.15, 0.2) is 48.6 Å². The van der Waals surface area contributed by atoms with Crippen LogP contribution in [0.5, 0.6) is 0 Å². The molecule has 0 aliphatic carbocycles. The Balaban J connectivity index is 3.61. The highest BCUT2D eigenvalue weighted by Gasteiger charge is 2.16. The minimum absolute atomic E-state index is 0.139. The zero-order valence-electron chi connectivity index (χ0n) is 26.8. The van der Waals surface area contributed by atoms with Gasteiger partial charge in [-0.3, -0.25) is 4.79 Å². The van der Waals surface area contributed by atoms with E-state index in [1.807, 2.05) is 0 Å². The second kappa shape index (κ2) is 33.5. The number of hydrogen-bond acceptors (Lipinski definition) is 2. The first-order valence-corrected chi connectivity index (χ1v) is 17.3. The Morgan fingerprint density at radius 1 is 0.475 bits per heavy atom. The van der Waals surface area contributed by atoms with Crippen LogP contribution in [0.3, 0.4) is 0 Å². The predicted molar refractivity (Wildman–Crippen MR) is 178 cm³/mol. The minimum atomic E-state index is -0.381. The van der Waals surface area contributed by atoms with E-state index in [1.54, 1.807) is 0 Å². The molecule has 1 atom stereocenters. The number of rotatable bonds is 31. The van der Waals surface area contributed by atoms with Crippen LogP contribution in [0, 0.1) is 5.92 Å². The zero-order valence-corrected chi connectivity index (χ0v) is 26.8. The Morgan fingerprint density at radius 3 is 1.30 bits per heavy atom. The highest BCUT2D eigenvalue weighted by Crippen LogP contribution is 2.16. The second-order valence-electron chi connectivity index (χ2n) is 11.6. The van der Waals surface area contributed by atoms with Gasteiger partial charge in [-0.2, -0.15) is 0 Å². The van der Waals surface area contributed by atoms with Crippen LogP contribution in [0.2, 0.25) is 0 Å². The monoisotopic (exact) mass is 555 g/mol. The summed E-state index contributed by atoms with van der Waals surface area (Å²) in [5.41, 5.74) is 0. The summed E-state index contributed by atoms with van der Waals surface area (Å²) in [5.74, 6) is -0.241. The molecule has 0 bridgehead atoms. The van der Waals surface area contributed by atoms with E-state index in [2.05, 4.69) is 62.5 Å². The van der Waals surface area contributed by atoms with E-state index in [4.69, 9.17) is 0 Å². The number of ketones is 1. The van der Waals surface area contributed by atoms with Crippen molar-refractivity contribution in [1.82, 2.24) is 0 Å². The molecule has 0 amide bonds. The van der Waals surface area contributed by atoms with Crippen molar-refractivity contribution in [2.75, 3.05) is 0 Å². The lowest BCUT2D eigenvalue weighted by atomic mass is 9.94. The van der Waals surface area contributed by atoms with Crippen molar-refractivity contribution >= 4 is 12.1 Å². The Morgan fingerprint density at radius 2 is 0.850 bits per heavy atom. The highest BCUT2D eigenvalue weighted by atomic mass is 16.1. The fourth-order valence-electron chi connectivity index (χ4n) is 5.00. The van der Waals surface area contributed by atoms with E-state index in [0.717, 1.165) is 57.7 Å². The molecule has 1 unspecified atom stereocenters. The fourth-order valence-corrected chi connectivity index (χ4v) is 5.00. The SMILES string of the molecule is CCCCCC=CCC=CCC=CCC=CCCCC(=O)C(C=O)CCCCCCCCCCCCCCCC. The average Bonchev–Trinajstić information content (AvgIpc) is 2.96. The number of carbonyl (C=O) groups is 2. The van der Waals surface area contributed by atoms with Gasteiger partial charge in [0.2, 0.25) is 0 Å². The predicted octanol–water partition coefficient (Wildman–Crippen LogP) is 12.4. The van der Waals surface area contributed by atoms with Crippen molar-refractivity contribution in [3.05, 3.63) is 48.6 Å². The van der Waals surface area contributed by atoms with Gasteiger partial charge in [-0.15, -0.1) is 0 Å². The normalized spacial score (nSPS) is 12.9. The molecular weight excluding hydrogens is 488 g/mol. The number of allylic oxidation sites excluding steroid dienone is 8. The van der Waals surface area contributed by atoms with E-state index in [-0.39, 0.29) is 11.7 Å². The molecule has 0 heterocycles. The quantitative estimate of drug-likeness (QED) is 0.0369. The van der Waals surface area contributed by atoms with Gasteiger partial charge in [0.25, 0.3) is 0 Å². The summed E-state index contributed by atoms with van der Waals surface area (Å²) in [6.45, 7) is 4.52. The highest BCUT2D eigenvalue weighted by molar-refractivity contribution is 5.93. The van der Waals surface area contributed by atoms with Gasteiger partial charge in [0, 0.05) is 6.42 Å². The van der Waals surface area contributed by atoms with Gasteiger partial charge in [-0.1, -0.05) is 165 Å². The van der Waals surface area contributed by atoms with Crippen molar-refractivity contribution in [1.29, 1.82) is 0 Å². The van der Waals surface area contributed by atoms with E-state index in [9.17, 15) is 9.59 Å². The second-order valence-corrected chi connectivity index (χ2v) is 11.6. The summed E-state index contributed by atoms with van der Waals surface area (Å²) in [7, 11) is 0. The maximum Gasteiger partial charge on any atom is 0.143 e. The lowest BCUT2D eigenvalue weighted by Gasteiger charge is -2.09. The van der Waals surface area contributed by atoms with E-state index in [1.165, 1.54) is 103 Å². The largest absolute Gasteiger partial charge is 0.303 e. The van der Waals surface area contributed by atoms with Gasteiger partial charge in [0.15, 0.2) is 0 Å². The van der Waals surface area contributed by atoms with Crippen molar-refractivity contribution in [2.24, 2.45) is 5.92 Å². The van der Waals surface area contributed by atoms with Crippen molar-refractivity contribution in [3.8, 4) is 0 Å². The first-order chi connectivity index (χ1) is 19.8. The van der Waals surface area contributed by atoms with Gasteiger partial charge >= 0.3 is 0 Å². The third-order valence-corrected chi connectivity index (χ3v) is 7.70. The molecule has 0 rings (SSSR count). The van der Waals surface area contributed by atoms with Crippen LogP contribution < -0.4 is 0 Å². The van der Waals surface area contributed by atoms with Crippen molar-refractivity contribution in [3.63, 3.8) is 0 Å². The lowest BCUT2D eigenvalue weighted by molar-refractivity contribution is -0.127. The molecule has 40 heavy (non-hydrogen) atoms. The first-order valence-electron chi connectivity index (χ1n) is 17.3. The Bertz CT molecular complexity index is 654. The summed E-state index contributed by atoms with van der Waals surface area (Å²) in [6.07, 6.45) is 48.4. The molecule has 0 aliphatic rings. The van der Waals surface area contributed by atoms with Crippen LogP contribution >= 0.6 is 0 Å². The molecule has 0 aliphatic heterocycles. The summed E-state index contributed by atoms with van der Waals surface area (Å²) in [6, 6.07) is 0. The Labute approximate surface area is 250 Å². The number of carbonyl (C=O) groups excluding carboxylic acids is 2. The maximum atomic E-state index is 12.4. The molecule has 0 N–H and O–H groups in total. The molecule has 0 aromatic carbocycles. The Kier molecular flexibility index (Phi) is 32.1. The standard InChI is InChI=1S/C38H66O2/c1-3-5-7-9-11-13-15-17-19-20-21-23-25-27-29-31-33-35-38(40)37(36-39)34-32-30-28-26-24-22-18-16-14-12-10-8-6-4-2/h11,13,17,19,21,23,27,29,36-37H,3-10,12,14-16,18,20,22,24-26,28,30-35H2,1-2H3. The Hall–Kier alpha value is -1.70. The van der Waals surface area contributed by atoms with Gasteiger partial charge < -0.3 is 4.79 Å². The topological polar surface area (TPSA) is 34.1 Å². The molecule has 2 heteroatoms. The molecule has 2 nitrogen and oxygen atoms in total. The average molecular weight is 555 g/mol. The molecular formula is C38H66O2. The molecule has 230 valence electrons. The van der Waals surface area contributed by atoms with Crippen LogP contribution in [-0.2, 0) is 9.59 Å². The van der Waals surface area contributed by atoms with Crippen molar-refractivity contribution in [2.45, 2.75) is 174 Å². The number of Topliss-reactive ketones (excluding diaryl/α,β-unsaturated/α-hetero) is 1. The van der Waals surface area contributed by atoms with Gasteiger partial charge in [-0.25, -0.2) is 0 Å². The third-order valence-electron chi connectivity index (χ3n) is 7.70. The minimum Gasteiger partial charge on any atom is -0.303 e. The van der Waals surface area contributed by atoms with Gasteiger partial charge in [0.1, 0.15) is 12.1 Å². The zero-order chi connectivity index (χ0) is 29.2. The van der Waals surface area contributed by atoms with Gasteiger partial charge in [0.05, 0.1) is 5.92 Å². The molecule has 0 saturated carbocycles. The third kappa shape index (κ3) is 29.3. The van der Waals surface area contributed by atoms with E-state index >= 15 is 0 Å². The molecule has 0 spiro atoms. The van der Waals surface area contributed by atoms with Crippen LogP contribution in [0.1, 0.15) is 174 Å². The molecule has 0 aromatic rings. The lowest BCUT2D eigenvalue weighted by Crippen LogP contribution is -2.15. The molecule has 0 saturated heterocycles. The summed E-state index contributed by atoms with van der Waals surface area (Å²) in [4.78, 5) is 23.9. The fraction of sp³-hybridized carbons (Fsp3) is 0.737. The molecule has 0 aromatic heterocycles. The first kappa shape index (κ1) is 38.3. The van der Waals surface area contributed by atoms with E-state index < -0.39 is 0 Å². The number of unbranched alkanes of at least 4 members (excludes halogenated alkanes) is 17.